The minimum absolute atomic E-state index is 0.0644. The van der Waals surface area contributed by atoms with Crippen LogP contribution in [0.25, 0.3) is 11.0 Å². The summed E-state index contributed by atoms with van der Waals surface area (Å²) in [5, 5.41) is 0.938. The van der Waals surface area contributed by atoms with Gasteiger partial charge >= 0.3 is 0 Å². The number of aromatic nitrogens is 3. The van der Waals surface area contributed by atoms with E-state index in [0.29, 0.717) is 17.0 Å². The van der Waals surface area contributed by atoms with Crippen LogP contribution < -0.4 is 5.73 Å². The van der Waals surface area contributed by atoms with Gasteiger partial charge in [-0.05, 0) is 26.0 Å². The van der Waals surface area contributed by atoms with Crippen LogP contribution in [-0.4, -0.2) is 14.5 Å². The highest BCUT2D eigenvalue weighted by Gasteiger charge is 2.19. The SMILES string of the molecule is Cc1cnc(C(C)n2c(N)nc3c(F)cccc32)s1. The Morgan fingerprint density at radius 3 is 2.89 bits per heavy atom. The topological polar surface area (TPSA) is 56.7 Å². The molecule has 0 aliphatic rings. The molecular formula is C13H13FN4S. The van der Waals surface area contributed by atoms with Gasteiger partial charge in [0.25, 0.3) is 0 Å². The molecule has 0 aliphatic heterocycles. The zero-order valence-electron chi connectivity index (χ0n) is 10.6. The van der Waals surface area contributed by atoms with E-state index < -0.39 is 0 Å². The first kappa shape index (κ1) is 12.1. The zero-order valence-corrected chi connectivity index (χ0v) is 11.4. The fourth-order valence-corrected chi connectivity index (χ4v) is 3.00. The van der Waals surface area contributed by atoms with E-state index in [1.165, 1.54) is 6.07 Å². The summed E-state index contributed by atoms with van der Waals surface area (Å²) < 4.78 is 15.5. The lowest BCUT2D eigenvalue weighted by atomic mass is 10.2. The van der Waals surface area contributed by atoms with E-state index in [1.807, 2.05) is 30.7 Å². The quantitative estimate of drug-likeness (QED) is 0.782. The van der Waals surface area contributed by atoms with Gasteiger partial charge < -0.3 is 10.3 Å². The molecule has 3 rings (SSSR count). The molecule has 19 heavy (non-hydrogen) atoms. The van der Waals surface area contributed by atoms with Crippen molar-refractivity contribution in [1.29, 1.82) is 0 Å². The number of hydrogen-bond donors (Lipinski definition) is 1. The van der Waals surface area contributed by atoms with E-state index in [1.54, 1.807) is 17.4 Å². The normalized spacial score (nSPS) is 13.0. The Kier molecular flexibility index (Phi) is 2.74. The minimum atomic E-state index is -0.356. The first-order valence-electron chi connectivity index (χ1n) is 5.92. The number of imidazole rings is 1. The monoisotopic (exact) mass is 276 g/mol. The lowest BCUT2D eigenvalue weighted by molar-refractivity contribution is 0.636. The van der Waals surface area contributed by atoms with Gasteiger partial charge in [-0.2, -0.15) is 0 Å². The maximum atomic E-state index is 13.7. The third kappa shape index (κ3) is 1.88. The Morgan fingerprint density at radius 1 is 1.42 bits per heavy atom. The minimum Gasteiger partial charge on any atom is -0.369 e. The third-order valence-electron chi connectivity index (χ3n) is 3.08. The predicted molar refractivity (Wildman–Crippen MR) is 74.8 cm³/mol. The molecule has 1 aromatic carbocycles. The molecule has 1 atom stereocenters. The molecule has 0 saturated carbocycles. The molecule has 0 aliphatic carbocycles. The fourth-order valence-electron chi connectivity index (χ4n) is 2.18. The summed E-state index contributed by atoms with van der Waals surface area (Å²) in [5.74, 6) is -0.0501. The van der Waals surface area contributed by atoms with Gasteiger partial charge in [-0.3, -0.25) is 0 Å². The largest absolute Gasteiger partial charge is 0.369 e. The van der Waals surface area contributed by atoms with Crippen molar-refractivity contribution < 1.29 is 4.39 Å². The molecule has 0 radical (unpaired) electrons. The molecule has 2 heterocycles. The molecule has 3 aromatic rings. The Hall–Kier alpha value is -1.95. The summed E-state index contributed by atoms with van der Waals surface area (Å²) in [5.41, 5.74) is 6.93. The molecule has 98 valence electrons. The van der Waals surface area contributed by atoms with Crippen molar-refractivity contribution in [3.8, 4) is 0 Å². The second kappa shape index (κ2) is 4.31. The zero-order chi connectivity index (χ0) is 13.6. The van der Waals surface area contributed by atoms with Crippen LogP contribution in [0.4, 0.5) is 10.3 Å². The van der Waals surface area contributed by atoms with E-state index in [9.17, 15) is 4.39 Å². The van der Waals surface area contributed by atoms with Gasteiger partial charge in [0.1, 0.15) is 10.5 Å². The Labute approximate surface area is 113 Å². The summed E-state index contributed by atoms with van der Waals surface area (Å²) in [4.78, 5) is 9.61. The molecule has 2 N–H and O–H groups in total. The highest BCUT2D eigenvalue weighted by Crippen LogP contribution is 2.30. The standard InChI is InChI=1S/C13H13FN4S/c1-7-6-16-12(19-7)8(2)18-10-5-3-4-9(14)11(10)17-13(18)15/h3-6,8H,1-2H3,(H2,15,17). The summed E-state index contributed by atoms with van der Waals surface area (Å²) in [6, 6.07) is 4.80. The van der Waals surface area contributed by atoms with Crippen LogP contribution in [0.15, 0.2) is 24.4 Å². The number of halogens is 1. The molecule has 0 fully saturated rings. The molecule has 6 heteroatoms. The number of nitrogens with two attached hydrogens (primary N) is 1. The first-order valence-corrected chi connectivity index (χ1v) is 6.74. The molecule has 2 aromatic heterocycles. The van der Waals surface area contributed by atoms with Crippen LogP contribution in [0.1, 0.15) is 22.9 Å². The van der Waals surface area contributed by atoms with Crippen LogP contribution in [0.2, 0.25) is 0 Å². The van der Waals surface area contributed by atoms with Gasteiger partial charge in [0.05, 0.1) is 11.6 Å². The van der Waals surface area contributed by atoms with Crippen LogP contribution in [-0.2, 0) is 0 Å². The lowest BCUT2D eigenvalue weighted by Crippen LogP contribution is -2.09. The van der Waals surface area contributed by atoms with E-state index in [0.717, 1.165) is 9.88 Å². The van der Waals surface area contributed by atoms with Gasteiger partial charge in [0.2, 0.25) is 5.95 Å². The molecule has 0 bridgehead atoms. The van der Waals surface area contributed by atoms with Crippen molar-refractivity contribution in [2.24, 2.45) is 0 Å². The summed E-state index contributed by atoms with van der Waals surface area (Å²) in [7, 11) is 0. The van der Waals surface area contributed by atoms with E-state index in [-0.39, 0.29) is 11.9 Å². The average Bonchev–Trinajstić information content (AvgIpc) is 2.93. The number of rotatable bonds is 2. The maximum Gasteiger partial charge on any atom is 0.201 e. The second-order valence-electron chi connectivity index (χ2n) is 4.43. The Morgan fingerprint density at radius 2 is 2.21 bits per heavy atom. The number of aryl methyl sites for hydroxylation is 1. The molecule has 4 nitrogen and oxygen atoms in total. The van der Waals surface area contributed by atoms with Crippen LogP contribution in [0.5, 0.6) is 0 Å². The summed E-state index contributed by atoms with van der Waals surface area (Å²) >= 11 is 1.61. The number of benzene rings is 1. The molecule has 0 amide bonds. The average molecular weight is 276 g/mol. The first-order chi connectivity index (χ1) is 9.08. The lowest BCUT2D eigenvalue weighted by Gasteiger charge is -2.13. The third-order valence-corrected chi connectivity index (χ3v) is 4.17. The molecular weight excluding hydrogens is 263 g/mol. The second-order valence-corrected chi connectivity index (χ2v) is 5.70. The van der Waals surface area contributed by atoms with Gasteiger partial charge in [0, 0.05) is 11.1 Å². The van der Waals surface area contributed by atoms with Crippen molar-refractivity contribution in [3.63, 3.8) is 0 Å². The van der Waals surface area contributed by atoms with Crippen molar-refractivity contribution in [2.45, 2.75) is 19.9 Å². The van der Waals surface area contributed by atoms with Crippen LogP contribution in [0, 0.1) is 12.7 Å². The summed E-state index contributed by atoms with van der Waals surface area (Å²) in [6.45, 7) is 3.99. The van der Waals surface area contributed by atoms with Crippen LogP contribution in [0.3, 0.4) is 0 Å². The van der Waals surface area contributed by atoms with E-state index in [2.05, 4.69) is 9.97 Å². The van der Waals surface area contributed by atoms with Gasteiger partial charge in [-0.1, -0.05) is 6.07 Å². The number of thiazole rings is 1. The smallest absolute Gasteiger partial charge is 0.201 e. The molecule has 1 unspecified atom stereocenters. The predicted octanol–water partition coefficient (Wildman–Crippen LogP) is 3.13. The Balaban J connectivity index is 2.19. The molecule has 0 spiro atoms. The van der Waals surface area contributed by atoms with Gasteiger partial charge in [-0.15, -0.1) is 11.3 Å². The number of nitrogen functional groups attached to an aromatic ring is 1. The van der Waals surface area contributed by atoms with E-state index >= 15 is 0 Å². The van der Waals surface area contributed by atoms with Crippen molar-refractivity contribution in [2.75, 3.05) is 5.73 Å². The van der Waals surface area contributed by atoms with Gasteiger partial charge in [-0.25, -0.2) is 14.4 Å². The number of fused-ring (bicyclic) bond motifs is 1. The maximum absolute atomic E-state index is 13.7. The Bertz CT molecular complexity index is 746. The van der Waals surface area contributed by atoms with Crippen LogP contribution >= 0.6 is 11.3 Å². The number of anilines is 1. The van der Waals surface area contributed by atoms with E-state index in [4.69, 9.17) is 5.73 Å². The van der Waals surface area contributed by atoms with Crippen molar-refractivity contribution in [3.05, 3.63) is 40.1 Å². The number of nitrogens with zero attached hydrogens (tertiary/aromatic N) is 3. The van der Waals surface area contributed by atoms with Crippen molar-refractivity contribution in [1.82, 2.24) is 14.5 Å². The highest BCUT2D eigenvalue weighted by molar-refractivity contribution is 7.11. The summed E-state index contributed by atoms with van der Waals surface area (Å²) in [6.07, 6.45) is 1.83. The van der Waals surface area contributed by atoms with Gasteiger partial charge in [0.15, 0.2) is 5.82 Å². The molecule has 0 saturated heterocycles. The highest BCUT2D eigenvalue weighted by atomic mass is 32.1. The fraction of sp³-hybridized carbons (Fsp3) is 0.231. The number of para-hydroxylation sites is 1. The number of hydrogen-bond acceptors (Lipinski definition) is 4. The van der Waals surface area contributed by atoms with Crippen molar-refractivity contribution >= 4 is 28.3 Å².